The molecular formula is C22H23N3O3. The standard InChI is InChI=1S/C22H23N3O3/c26-20-14-15-25(22(28)24-20)16-21(27)23-19(18-11-5-2-6-12-18)13-7-10-17-8-3-1-4-9-17/h1-6,8-9,11-12,14-15,19H,7,10,13,16H2,(H,23,27)(H,24,26,28)/t19-/m0/s1. The smallest absolute Gasteiger partial charge is 0.328 e. The molecule has 6 nitrogen and oxygen atoms in total. The number of hydrogen-bond donors (Lipinski definition) is 2. The van der Waals surface area contributed by atoms with Crippen molar-refractivity contribution in [3.05, 3.63) is 105 Å². The maximum Gasteiger partial charge on any atom is 0.328 e. The summed E-state index contributed by atoms with van der Waals surface area (Å²) in [5.74, 6) is -0.275. The average Bonchev–Trinajstić information content (AvgIpc) is 2.71. The monoisotopic (exact) mass is 377 g/mol. The first-order valence-electron chi connectivity index (χ1n) is 9.30. The molecule has 1 heterocycles. The van der Waals surface area contributed by atoms with Crippen molar-refractivity contribution in [1.82, 2.24) is 14.9 Å². The summed E-state index contributed by atoms with van der Waals surface area (Å²) < 4.78 is 1.18. The van der Waals surface area contributed by atoms with Gasteiger partial charge in [0.2, 0.25) is 5.91 Å². The number of aromatic amines is 1. The Kier molecular flexibility index (Phi) is 6.57. The highest BCUT2D eigenvalue weighted by Gasteiger charge is 2.15. The van der Waals surface area contributed by atoms with Gasteiger partial charge in [0.25, 0.3) is 5.56 Å². The molecule has 0 aliphatic heterocycles. The zero-order valence-corrected chi connectivity index (χ0v) is 15.5. The van der Waals surface area contributed by atoms with E-state index in [0.29, 0.717) is 0 Å². The van der Waals surface area contributed by atoms with Crippen molar-refractivity contribution >= 4 is 5.91 Å². The topological polar surface area (TPSA) is 84.0 Å². The van der Waals surface area contributed by atoms with E-state index in [9.17, 15) is 14.4 Å². The minimum Gasteiger partial charge on any atom is -0.348 e. The first-order chi connectivity index (χ1) is 13.6. The molecule has 0 fully saturated rings. The Morgan fingerprint density at radius 1 is 0.964 bits per heavy atom. The SMILES string of the molecule is O=C(Cn1ccc(=O)[nH]c1=O)N[C@@H](CCCc1ccccc1)c1ccccc1. The van der Waals surface area contributed by atoms with Crippen molar-refractivity contribution in [3.63, 3.8) is 0 Å². The molecule has 1 atom stereocenters. The third kappa shape index (κ3) is 5.54. The van der Waals surface area contributed by atoms with Crippen LogP contribution in [0.4, 0.5) is 0 Å². The molecule has 0 bridgehead atoms. The number of aromatic nitrogens is 2. The molecule has 0 saturated heterocycles. The third-order valence-corrected chi connectivity index (χ3v) is 4.55. The number of amides is 1. The van der Waals surface area contributed by atoms with E-state index in [2.05, 4.69) is 22.4 Å². The highest BCUT2D eigenvalue weighted by Crippen LogP contribution is 2.19. The summed E-state index contributed by atoms with van der Waals surface area (Å²) in [5, 5.41) is 3.02. The van der Waals surface area contributed by atoms with Crippen molar-refractivity contribution in [1.29, 1.82) is 0 Å². The lowest BCUT2D eigenvalue weighted by Crippen LogP contribution is -2.37. The van der Waals surface area contributed by atoms with Gasteiger partial charge in [-0.1, -0.05) is 60.7 Å². The van der Waals surface area contributed by atoms with Crippen molar-refractivity contribution in [2.75, 3.05) is 0 Å². The van der Waals surface area contributed by atoms with Crippen molar-refractivity contribution in [2.24, 2.45) is 0 Å². The number of H-pyrrole nitrogens is 1. The van der Waals surface area contributed by atoms with Crippen LogP contribution in [0, 0.1) is 0 Å². The first kappa shape index (κ1) is 19.4. The van der Waals surface area contributed by atoms with Crippen molar-refractivity contribution in [3.8, 4) is 0 Å². The molecule has 0 saturated carbocycles. The van der Waals surface area contributed by atoms with Gasteiger partial charge in [-0.2, -0.15) is 0 Å². The molecule has 28 heavy (non-hydrogen) atoms. The van der Waals surface area contributed by atoms with Crippen LogP contribution < -0.4 is 16.6 Å². The molecule has 2 aromatic carbocycles. The van der Waals surface area contributed by atoms with Gasteiger partial charge in [-0.25, -0.2) is 4.79 Å². The summed E-state index contributed by atoms with van der Waals surface area (Å²) in [6.45, 7) is -0.141. The van der Waals surface area contributed by atoms with E-state index in [1.54, 1.807) is 0 Å². The molecule has 6 heteroatoms. The minimum atomic E-state index is -0.594. The molecule has 1 amide bonds. The summed E-state index contributed by atoms with van der Waals surface area (Å²) in [6, 6.07) is 21.1. The predicted molar refractivity (Wildman–Crippen MR) is 108 cm³/mol. The quantitative estimate of drug-likeness (QED) is 0.632. The maximum absolute atomic E-state index is 12.5. The van der Waals surface area contributed by atoms with Crippen LogP contribution in [0.3, 0.4) is 0 Å². The number of rotatable bonds is 8. The number of nitrogens with one attached hydrogen (secondary N) is 2. The molecule has 2 N–H and O–H groups in total. The number of aryl methyl sites for hydroxylation is 1. The lowest BCUT2D eigenvalue weighted by molar-refractivity contribution is -0.122. The molecule has 1 aromatic heterocycles. The summed E-state index contributed by atoms with van der Waals surface area (Å²) >= 11 is 0. The van der Waals surface area contributed by atoms with Gasteiger partial charge in [0.05, 0.1) is 6.04 Å². The van der Waals surface area contributed by atoms with Crippen LogP contribution in [-0.4, -0.2) is 15.5 Å². The van der Waals surface area contributed by atoms with Gasteiger partial charge in [0, 0.05) is 12.3 Å². The molecule has 3 aromatic rings. The number of hydrogen-bond acceptors (Lipinski definition) is 3. The van der Waals surface area contributed by atoms with Gasteiger partial charge in [-0.15, -0.1) is 0 Å². The normalized spacial score (nSPS) is 11.7. The molecular weight excluding hydrogens is 354 g/mol. The fourth-order valence-electron chi connectivity index (χ4n) is 3.13. The van der Waals surface area contributed by atoms with Gasteiger partial charge in [0.1, 0.15) is 6.54 Å². The highest BCUT2D eigenvalue weighted by atomic mass is 16.2. The highest BCUT2D eigenvalue weighted by molar-refractivity contribution is 5.76. The summed E-state index contributed by atoms with van der Waals surface area (Å²) in [6.07, 6.45) is 3.96. The fraction of sp³-hybridized carbons (Fsp3) is 0.227. The molecule has 0 spiro atoms. The Bertz CT molecular complexity index is 1010. The van der Waals surface area contributed by atoms with Crippen LogP contribution in [0.5, 0.6) is 0 Å². The second kappa shape index (κ2) is 9.50. The van der Waals surface area contributed by atoms with Crippen LogP contribution in [0.15, 0.2) is 82.5 Å². The number of nitrogens with zero attached hydrogens (tertiary/aromatic N) is 1. The van der Waals surface area contributed by atoms with Crippen molar-refractivity contribution < 1.29 is 4.79 Å². The molecule has 0 aliphatic carbocycles. The predicted octanol–water partition coefficient (Wildman–Crippen LogP) is 2.42. The van der Waals surface area contributed by atoms with E-state index < -0.39 is 11.2 Å². The van der Waals surface area contributed by atoms with Crippen LogP contribution in [0.2, 0.25) is 0 Å². The zero-order chi connectivity index (χ0) is 19.8. The Labute approximate surface area is 162 Å². The Hall–Kier alpha value is -3.41. The summed E-state index contributed by atoms with van der Waals surface area (Å²) in [7, 11) is 0. The Morgan fingerprint density at radius 2 is 1.64 bits per heavy atom. The molecule has 0 aliphatic rings. The third-order valence-electron chi connectivity index (χ3n) is 4.55. The summed E-state index contributed by atoms with van der Waals surface area (Å²) in [4.78, 5) is 37.6. The fourth-order valence-corrected chi connectivity index (χ4v) is 3.13. The van der Waals surface area contributed by atoms with Crippen LogP contribution in [-0.2, 0) is 17.8 Å². The van der Waals surface area contributed by atoms with E-state index in [1.165, 1.54) is 22.4 Å². The van der Waals surface area contributed by atoms with Crippen LogP contribution >= 0.6 is 0 Å². The number of carbonyl (C=O) groups excluding carboxylic acids is 1. The second-order valence-electron chi connectivity index (χ2n) is 6.65. The van der Waals surface area contributed by atoms with Gasteiger partial charge in [0.15, 0.2) is 0 Å². The van der Waals surface area contributed by atoms with Crippen molar-refractivity contribution in [2.45, 2.75) is 31.8 Å². The van der Waals surface area contributed by atoms with E-state index in [-0.39, 0.29) is 18.5 Å². The second-order valence-corrected chi connectivity index (χ2v) is 6.65. The number of benzene rings is 2. The maximum atomic E-state index is 12.5. The van der Waals surface area contributed by atoms with E-state index >= 15 is 0 Å². The first-order valence-corrected chi connectivity index (χ1v) is 9.30. The van der Waals surface area contributed by atoms with E-state index in [4.69, 9.17) is 0 Å². The van der Waals surface area contributed by atoms with E-state index in [1.807, 2.05) is 48.5 Å². The number of carbonyl (C=O) groups is 1. The molecule has 3 rings (SSSR count). The Morgan fingerprint density at radius 3 is 2.32 bits per heavy atom. The lowest BCUT2D eigenvalue weighted by Gasteiger charge is -2.19. The lowest BCUT2D eigenvalue weighted by atomic mass is 9.99. The molecule has 0 unspecified atom stereocenters. The largest absolute Gasteiger partial charge is 0.348 e. The average molecular weight is 377 g/mol. The van der Waals surface area contributed by atoms with E-state index in [0.717, 1.165) is 24.8 Å². The molecule has 144 valence electrons. The van der Waals surface area contributed by atoms with Crippen LogP contribution in [0.25, 0.3) is 0 Å². The van der Waals surface area contributed by atoms with Gasteiger partial charge in [-0.05, 0) is 30.4 Å². The molecule has 0 radical (unpaired) electrons. The zero-order valence-electron chi connectivity index (χ0n) is 15.5. The minimum absolute atomic E-state index is 0.141. The van der Waals surface area contributed by atoms with Gasteiger partial charge >= 0.3 is 5.69 Å². The Balaban J connectivity index is 1.65. The van der Waals surface area contributed by atoms with Crippen LogP contribution in [0.1, 0.15) is 30.0 Å². The van der Waals surface area contributed by atoms with Gasteiger partial charge < -0.3 is 5.32 Å². The van der Waals surface area contributed by atoms with Gasteiger partial charge in [-0.3, -0.25) is 19.1 Å². The summed E-state index contributed by atoms with van der Waals surface area (Å²) in [5.41, 5.74) is 1.21.